The summed E-state index contributed by atoms with van der Waals surface area (Å²) in [6.07, 6.45) is 7.42. The van der Waals surface area contributed by atoms with Crippen molar-refractivity contribution in [3.63, 3.8) is 0 Å². The number of aryl methyl sites for hydroxylation is 2. The molecule has 0 bridgehead atoms. The summed E-state index contributed by atoms with van der Waals surface area (Å²) in [5.74, 6) is 3.58. The lowest BCUT2D eigenvalue weighted by Gasteiger charge is -2.36. The predicted molar refractivity (Wildman–Crippen MR) is 138 cm³/mol. The minimum Gasteiger partial charge on any atom is -0.492 e. The van der Waals surface area contributed by atoms with Crippen molar-refractivity contribution < 1.29 is 4.74 Å². The molecule has 0 saturated carbocycles. The van der Waals surface area contributed by atoms with E-state index in [1.165, 1.54) is 48.1 Å². The average molecular weight is 465 g/mol. The molecule has 3 aromatic rings. The maximum atomic E-state index is 5.92. The molecule has 1 saturated heterocycles. The second-order valence-corrected chi connectivity index (χ2v) is 10.5. The second-order valence-electron chi connectivity index (χ2n) is 9.45. The number of para-hydroxylation sites is 1. The van der Waals surface area contributed by atoms with Gasteiger partial charge in [-0.3, -0.25) is 4.90 Å². The number of thiophene rings is 1. The zero-order valence-corrected chi connectivity index (χ0v) is 20.9. The van der Waals surface area contributed by atoms with E-state index >= 15 is 0 Å². The first kappa shape index (κ1) is 22.6. The van der Waals surface area contributed by atoms with Gasteiger partial charge in [-0.1, -0.05) is 38.5 Å². The topological polar surface area (TPSA) is 41.5 Å². The lowest BCUT2D eigenvalue weighted by atomic mass is 10.1. The summed E-state index contributed by atoms with van der Waals surface area (Å²) < 4.78 is 5.92. The number of ether oxygens (including phenoxy) is 1. The van der Waals surface area contributed by atoms with Gasteiger partial charge in [0.2, 0.25) is 0 Å². The van der Waals surface area contributed by atoms with Crippen molar-refractivity contribution >= 4 is 27.4 Å². The lowest BCUT2D eigenvalue weighted by Crippen LogP contribution is -2.48. The first-order valence-corrected chi connectivity index (χ1v) is 13.5. The van der Waals surface area contributed by atoms with Crippen LogP contribution < -0.4 is 9.64 Å². The standard InChI is InChI=1S/C27H36N4OS/c1-3-20(2)25-28-26(24-22-12-8-5-9-13-23(22)33-27(24)29-25)31-16-14-30(15-17-31)18-19-32-21-10-6-4-7-11-21/h4,6-7,10-11,20H,3,5,8-9,12-19H2,1-2H3. The molecule has 1 aliphatic heterocycles. The Morgan fingerprint density at radius 3 is 2.58 bits per heavy atom. The fourth-order valence-corrected chi connectivity index (χ4v) is 6.22. The summed E-state index contributed by atoms with van der Waals surface area (Å²) >= 11 is 1.94. The zero-order chi connectivity index (χ0) is 22.6. The Bertz CT molecular complexity index is 1060. The quantitative estimate of drug-likeness (QED) is 0.421. The van der Waals surface area contributed by atoms with Gasteiger partial charge in [-0.15, -0.1) is 11.3 Å². The van der Waals surface area contributed by atoms with Gasteiger partial charge in [0.05, 0.1) is 5.39 Å². The molecular weight excluding hydrogens is 428 g/mol. The third-order valence-corrected chi connectivity index (χ3v) is 8.39. The van der Waals surface area contributed by atoms with Crippen molar-refractivity contribution in [3.8, 4) is 5.75 Å². The fourth-order valence-electron chi connectivity index (χ4n) is 4.96. The Kier molecular flexibility index (Phi) is 7.12. The van der Waals surface area contributed by atoms with Crippen LogP contribution in [0.15, 0.2) is 30.3 Å². The summed E-state index contributed by atoms with van der Waals surface area (Å²) in [5.41, 5.74) is 1.55. The van der Waals surface area contributed by atoms with Crippen molar-refractivity contribution in [2.24, 2.45) is 0 Å². The monoisotopic (exact) mass is 464 g/mol. The first-order valence-electron chi connectivity index (χ1n) is 12.7. The number of hydrogen-bond acceptors (Lipinski definition) is 6. The molecule has 0 N–H and O–H groups in total. The number of rotatable bonds is 7. The van der Waals surface area contributed by atoms with Crippen LogP contribution >= 0.6 is 11.3 Å². The Morgan fingerprint density at radius 1 is 1.00 bits per heavy atom. The Balaban J connectivity index is 1.33. The lowest BCUT2D eigenvalue weighted by molar-refractivity contribution is 0.200. The molecule has 1 aliphatic carbocycles. The van der Waals surface area contributed by atoms with Crippen LogP contribution in [-0.4, -0.2) is 54.2 Å². The van der Waals surface area contributed by atoms with Gasteiger partial charge in [0.25, 0.3) is 0 Å². The molecule has 2 aliphatic rings. The molecule has 33 heavy (non-hydrogen) atoms. The van der Waals surface area contributed by atoms with E-state index in [0.717, 1.165) is 57.3 Å². The molecule has 176 valence electrons. The van der Waals surface area contributed by atoms with Crippen LogP contribution in [0.3, 0.4) is 0 Å². The summed E-state index contributed by atoms with van der Waals surface area (Å²) in [6, 6.07) is 10.1. The normalized spacial score (nSPS) is 18.2. The van der Waals surface area contributed by atoms with Crippen molar-refractivity contribution in [2.75, 3.05) is 44.2 Å². The van der Waals surface area contributed by atoms with Gasteiger partial charge in [0.1, 0.15) is 28.8 Å². The van der Waals surface area contributed by atoms with Crippen LogP contribution in [0, 0.1) is 0 Å². The van der Waals surface area contributed by atoms with Crippen LogP contribution in [0.5, 0.6) is 5.75 Å². The van der Waals surface area contributed by atoms with Crippen LogP contribution in [0.25, 0.3) is 10.2 Å². The molecule has 0 spiro atoms. The van der Waals surface area contributed by atoms with Gasteiger partial charge in [0, 0.05) is 43.5 Å². The minimum atomic E-state index is 0.395. The van der Waals surface area contributed by atoms with Gasteiger partial charge < -0.3 is 9.64 Å². The highest BCUT2D eigenvalue weighted by atomic mass is 32.1. The molecule has 2 aromatic heterocycles. The van der Waals surface area contributed by atoms with Crippen LogP contribution in [0.4, 0.5) is 5.82 Å². The Labute approximate surface area is 201 Å². The maximum Gasteiger partial charge on any atom is 0.141 e. The average Bonchev–Trinajstić information content (AvgIpc) is 3.05. The summed E-state index contributed by atoms with van der Waals surface area (Å²) in [5, 5.41) is 1.37. The molecule has 1 fully saturated rings. The number of fused-ring (bicyclic) bond motifs is 3. The highest BCUT2D eigenvalue weighted by molar-refractivity contribution is 7.19. The molecule has 1 unspecified atom stereocenters. The van der Waals surface area contributed by atoms with Gasteiger partial charge in [-0.05, 0) is 49.8 Å². The molecule has 5 rings (SSSR count). The van der Waals surface area contributed by atoms with E-state index in [-0.39, 0.29) is 0 Å². The molecule has 1 aromatic carbocycles. The first-order chi connectivity index (χ1) is 16.2. The largest absolute Gasteiger partial charge is 0.492 e. The van der Waals surface area contributed by atoms with E-state index in [4.69, 9.17) is 14.7 Å². The van der Waals surface area contributed by atoms with E-state index in [2.05, 4.69) is 23.6 Å². The number of anilines is 1. The van der Waals surface area contributed by atoms with Crippen molar-refractivity contribution in [2.45, 2.75) is 58.3 Å². The molecular formula is C27H36N4OS. The third kappa shape index (κ3) is 5.02. The SMILES string of the molecule is CCC(C)c1nc(N2CCN(CCOc3ccccc3)CC2)c2c3c(sc2n1)CCCCC3. The number of aromatic nitrogens is 2. The molecule has 5 nitrogen and oxygen atoms in total. The van der Waals surface area contributed by atoms with E-state index in [0.29, 0.717) is 5.92 Å². The Morgan fingerprint density at radius 2 is 1.79 bits per heavy atom. The number of piperazine rings is 1. The molecule has 1 atom stereocenters. The maximum absolute atomic E-state index is 5.92. The van der Waals surface area contributed by atoms with Crippen LogP contribution in [-0.2, 0) is 12.8 Å². The number of hydrogen-bond donors (Lipinski definition) is 0. The van der Waals surface area contributed by atoms with Crippen molar-refractivity contribution in [1.82, 2.24) is 14.9 Å². The van der Waals surface area contributed by atoms with E-state index in [1.54, 1.807) is 10.4 Å². The smallest absolute Gasteiger partial charge is 0.141 e. The number of benzene rings is 1. The van der Waals surface area contributed by atoms with Crippen molar-refractivity contribution in [1.29, 1.82) is 0 Å². The molecule has 0 amide bonds. The zero-order valence-electron chi connectivity index (χ0n) is 20.1. The van der Waals surface area contributed by atoms with Gasteiger partial charge in [0.15, 0.2) is 0 Å². The van der Waals surface area contributed by atoms with Crippen LogP contribution in [0.2, 0.25) is 0 Å². The van der Waals surface area contributed by atoms with E-state index in [9.17, 15) is 0 Å². The summed E-state index contributed by atoms with van der Waals surface area (Å²) in [6.45, 7) is 10.3. The molecule has 6 heteroatoms. The minimum absolute atomic E-state index is 0.395. The molecule has 0 radical (unpaired) electrons. The van der Waals surface area contributed by atoms with E-state index < -0.39 is 0 Å². The molecule has 3 heterocycles. The summed E-state index contributed by atoms with van der Waals surface area (Å²) in [4.78, 5) is 18.1. The highest BCUT2D eigenvalue weighted by Crippen LogP contribution is 2.40. The van der Waals surface area contributed by atoms with Gasteiger partial charge in [-0.2, -0.15) is 0 Å². The van der Waals surface area contributed by atoms with E-state index in [1.807, 2.05) is 41.7 Å². The Hall–Kier alpha value is -2.18. The second kappa shape index (κ2) is 10.4. The fraction of sp³-hybridized carbons (Fsp3) is 0.556. The van der Waals surface area contributed by atoms with Gasteiger partial charge >= 0.3 is 0 Å². The van der Waals surface area contributed by atoms with Crippen LogP contribution in [0.1, 0.15) is 61.7 Å². The predicted octanol–water partition coefficient (Wildman–Crippen LogP) is 5.67. The highest BCUT2D eigenvalue weighted by Gasteiger charge is 2.26. The third-order valence-electron chi connectivity index (χ3n) is 7.21. The number of nitrogens with zero attached hydrogens (tertiary/aromatic N) is 4. The van der Waals surface area contributed by atoms with Gasteiger partial charge in [-0.25, -0.2) is 9.97 Å². The van der Waals surface area contributed by atoms with Crippen molar-refractivity contribution in [3.05, 3.63) is 46.6 Å². The summed E-state index contributed by atoms with van der Waals surface area (Å²) in [7, 11) is 0.